The summed E-state index contributed by atoms with van der Waals surface area (Å²) in [6, 6.07) is 12.3. The summed E-state index contributed by atoms with van der Waals surface area (Å²) in [6.45, 7) is 6.02. The largest absolute Gasteiger partial charge is 0.324 e. The number of thiophene rings is 1. The molecule has 3 rings (SSSR count). The van der Waals surface area contributed by atoms with Crippen molar-refractivity contribution in [1.82, 2.24) is 9.80 Å². The van der Waals surface area contributed by atoms with Crippen LogP contribution in [0.3, 0.4) is 0 Å². The first-order chi connectivity index (χ1) is 11.2. The Bertz CT molecular complexity index is 644. The Hall–Kier alpha value is -1.76. The van der Waals surface area contributed by atoms with Crippen LogP contribution < -0.4 is 0 Å². The summed E-state index contributed by atoms with van der Waals surface area (Å²) in [7, 11) is 0. The van der Waals surface area contributed by atoms with Crippen molar-refractivity contribution in [2.24, 2.45) is 0 Å². The minimum Gasteiger partial charge on any atom is -0.298 e. The monoisotopic (exact) mass is 331 g/mol. The molecule has 0 spiro atoms. The van der Waals surface area contributed by atoms with Gasteiger partial charge in [0.05, 0.1) is 4.92 Å². The molecule has 5 nitrogen and oxygen atoms in total. The summed E-state index contributed by atoms with van der Waals surface area (Å²) in [6.07, 6.45) is 1.14. The zero-order valence-corrected chi connectivity index (χ0v) is 13.9. The van der Waals surface area contributed by atoms with Gasteiger partial charge in [-0.15, -0.1) is 0 Å². The molecule has 0 amide bonds. The molecule has 0 atom stereocenters. The summed E-state index contributed by atoms with van der Waals surface area (Å²) in [4.78, 5) is 15.4. The SMILES string of the molecule is O=[N+]([O-])c1cc(CN2CCCN(Cc3ccccc3)CC2)cs1. The third-order valence-corrected chi connectivity index (χ3v) is 5.09. The number of rotatable bonds is 5. The van der Waals surface area contributed by atoms with Crippen LogP contribution in [0.15, 0.2) is 41.8 Å². The molecule has 0 aliphatic carbocycles. The fraction of sp³-hybridized carbons (Fsp3) is 0.412. The first kappa shape index (κ1) is 16.1. The molecule has 0 saturated carbocycles. The third kappa shape index (κ3) is 4.60. The van der Waals surface area contributed by atoms with Gasteiger partial charge in [0.2, 0.25) is 0 Å². The normalized spacial score (nSPS) is 17.0. The number of nitro groups is 1. The first-order valence-electron chi connectivity index (χ1n) is 7.91. The van der Waals surface area contributed by atoms with Crippen LogP contribution in [0, 0.1) is 10.1 Å². The van der Waals surface area contributed by atoms with E-state index in [1.807, 2.05) is 11.4 Å². The van der Waals surface area contributed by atoms with E-state index in [1.54, 1.807) is 6.07 Å². The van der Waals surface area contributed by atoms with Crippen molar-refractivity contribution < 1.29 is 4.92 Å². The van der Waals surface area contributed by atoms with Crippen LogP contribution in [0.4, 0.5) is 5.00 Å². The van der Waals surface area contributed by atoms with E-state index in [-0.39, 0.29) is 9.92 Å². The van der Waals surface area contributed by atoms with Crippen molar-refractivity contribution >= 4 is 16.3 Å². The summed E-state index contributed by atoms with van der Waals surface area (Å²) in [5, 5.41) is 12.9. The maximum atomic E-state index is 10.8. The predicted octanol–water partition coefficient (Wildman–Crippen LogP) is 3.36. The minimum atomic E-state index is -0.307. The summed E-state index contributed by atoms with van der Waals surface area (Å²) >= 11 is 1.22. The van der Waals surface area contributed by atoms with Crippen molar-refractivity contribution in [1.29, 1.82) is 0 Å². The van der Waals surface area contributed by atoms with Gasteiger partial charge in [-0.1, -0.05) is 41.7 Å². The molecule has 0 unspecified atom stereocenters. The van der Waals surface area contributed by atoms with Gasteiger partial charge in [0.25, 0.3) is 0 Å². The van der Waals surface area contributed by atoms with Crippen LogP contribution in [-0.2, 0) is 13.1 Å². The average Bonchev–Trinajstić information content (AvgIpc) is 2.91. The lowest BCUT2D eigenvalue weighted by Gasteiger charge is -2.21. The van der Waals surface area contributed by atoms with Crippen LogP contribution >= 0.6 is 11.3 Å². The molecule has 1 aromatic carbocycles. The van der Waals surface area contributed by atoms with Crippen molar-refractivity contribution in [3.63, 3.8) is 0 Å². The van der Waals surface area contributed by atoms with Crippen LogP contribution in [0.1, 0.15) is 17.5 Å². The lowest BCUT2D eigenvalue weighted by molar-refractivity contribution is -0.380. The quantitative estimate of drug-likeness (QED) is 0.623. The predicted molar refractivity (Wildman–Crippen MR) is 92.6 cm³/mol. The fourth-order valence-electron chi connectivity index (χ4n) is 2.98. The smallest absolute Gasteiger partial charge is 0.298 e. The Kier molecular flexibility index (Phi) is 5.38. The highest BCUT2D eigenvalue weighted by atomic mass is 32.1. The van der Waals surface area contributed by atoms with Crippen LogP contribution in [0.5, 0.6) is 0 Å². The van der Waals surface area contributed by atoms with Crippen LogP contribution in [0.25, 0.3) is 0 Å². The molecular weight excluding hydrogens is 310 g/mol. The van der Waals surface area contributed by atoms with E-state index in [0.717, 1.165) is 51.3 Å². The Morgan fingerprint density at radius 1 is 1.00 bits per heavy atom. The Balaban J connectivity index is 1.52. The molecule has 6 heteroatoms. The van der Waals surface area contributed by atoms with Gasteiger partial charge in [-0.3, -0.25) is 19.9 Å². The molecule has 1 aliphatic rings. The zero-order chi connectivity index (χ0) is 16.1. The average molecular weight is 331 g/mol. The van der Waals surface area contributed by atoms with E-state index in [2.05, 4.69) is 34.1 Å². The van der Waals surface area contributed by atoms with Gasteiger partial charge in [0, 0.05) is 37.6 Å². The van der Waals surface area contributed by atoms with Gasteiger partial charge in [0.15, 0.2) is 0 Å². The van der Waals surface area contributed by atoms with Gasteiger partial charge in [0.1, 0.15) is 0 Å². The molecule has 1 saturated heterocycles. The van der Waals surface area contributed by atoms with E-state index in [0.29, 0.717) is 0 Å². The number of hydrogen-bond donors (Lipinski definition) is 0. The summed E-state index contributed by atoms with van der Waals surface area (Å²) in [5.41, 5.74) is 2.41. The zero-order valence-electron chi connectivity index (χ0n) is 13.1. The Morgan fingerprint density at radius 2 is 1.65 bits per heavy atom. The van der Waals surface area contributed by atoms with Crippen molar-refractivity contribution in [2.75, 3.05) is 26.2 Å². The second kappa shape index (κ2) is 7.68. The van der Waals surface area contributed by atoms with Gasteiger partial charge >= 0.3 is 5.00 Å². The lowest BCUT2D eigenvalue weighted by Crippen LogP contribution is -2.30. The number of benzene rings is 1. The van der Waals surface area contributed by atoms with E-state index in [9.17, 15) is 10.1 Å². The second-order valence-electron chi connectivity index (χ2n) is 5.94. The van der Waals surface area contributed by atoms with E-state index >= 15 is 0 Å². The van der Waals surface area contributed by atoms with Crippen LogP contribution in [0.2, 0.25) is 0 Å². The molecule has 23 heavy (non-hydrogen) atoms. The van der Waals surface area contributed by atoms with Gasteiger partial charge in [-0.05, 0) is 30.6 Å². The Labute approximate surface area is 140 Å². The molecule has 1 fully saturated rings. The summed E-state index contributed by atoms with van der Waals surface area (Å²) < 4.78 is 0. The molecule has 122 valence electrons. The number of hydrogen-bond acceptors (Lipinski definition) is 5. The maximum absolute atomic E-state index is 10.8. The molecule has 2 aromatic rings. The topological polar surface area (TPSA) is 49.6 Å². The first-order valence-corrected chi connectivity index (χ1v) is 8.79. The molecule has 0 N–H and O–H groups in total. The lowest BCUT2D eigenvalue weighted by atomic mass is 10.2. The molecule has 0 radical (unpaired) electrons. The maximum Gasteiger partial charge on any atom is 0.324 e. The number of nitrogens with zero attached hydrogens (tertiary/aromatic N) is 3. The standard InChI is InChI=1S/C17H21N3O2S/c21-20(22)17-11-16(14-23-17)13-19-8-4-7-18(9-10-19)12-15-5-2-1-3-6-15/h1-3,5-6,11,14H,4,7-10,12-13H2. The highest BCUT2D eigenvalue weighted by Crippen LogP contribution is 2.24. The van der Waals surface area contributed by atoms with Crippen LogP contribution in [-0.4, -0.2) is 40.9 Å². The molecule has 1 aliphatic heterocycles. The summed E-state index contributed by atoms with van der Waals surface area (Å²) in [5.74, 6) is 0. The van der Waals surface area contributed by atoms with Gasteiger partial charge in [-0.2, -0.15) is 0 Å². The van der Waals surface area contributed by atoms with E-state index < -0.39 is 0 Å². The van der Waals surface area contributed by atoms with Gasteiger partial charge < -0.3 is 0 Å². The highest BCUT2D eigenvalue weighted by Gasteiger charge is 2.17. The van der Waals surface area contributed by atoms with E-state index in [1.165, 1.54) is 16.9 Å². The second-order valence-corrected chi connectivity index (χ2v) is 6.83. The Morgan fingerprint density at radius 3 is 2.26 bits per heavy atom. The molecular formula is C17H21N3O2S. The van der Waals surface area contributed by atoms with Crippen molar-refractivity contribution in [3.05, 3.63) is 63.0 Å². The molecule has 1 aromatic heterocycles. The van der Waals surface area contributed by atoms with Crippen molar-refractivity contribution in [3.8, 4) is 0 Å². The van der Waals surface area contributed by atoms with E-state index in [4.69, 9.17) is 0 Å². The third-order valence-electron chi connectivity index (χ3n) is 4.16. The van der Waals surface area contributed by atoms with Gasteiger partial charge in [-0.25, -0.2) is 0 Å². The molecule has 2 heterocycles. The fourth-order valence-corrected chi connectivity index (χ4v) is 3.70. The van der Waals surface area contributed by atoms with Crippen molar-refractivity contribution in [2.45, 2.75) is 19.5 Å². The minimum absolute atomic E-state index is 0.237. The highest BCUT2D eigenvalue weighted by molar-refractivity contribution is 7.13. The molecule has 0 bridgehead atoms.